The van der Waals surface area contributed by atoms with Crippen molar-refractivity contribution in [3.63, 3.8) is 0 Å². The molecular weight excluding hydrogens is 286 g/mol. The van der Waals surface area contributed by atoms with Crippen molar-refractivity contribution in [2.75, 3.05) is 19.0 Å². The molecule has 0 radical (unpaired) electrons. The van der Waals surface area contributed by atoms with Crippen LogP contribution in [0.15, 0.2) is 36.9 Å². The lowest BCUT2D eigenvalue weighted by atomic mass is 10.1. The fourth-order valence-electron chi connectivity index (χ4n) is 1.65. The second kappa shape index (κ2) is 10.8. The van der Waals surface area contributed by atoms with Crippen LogP contribution in [0.1, 0.15) is 18.4 Å². The van der Waals surface area contributed by atoms with Crippen LogP contribution in [0, 0.1) is 11.8 Å². The van der Waals surface area contributed by atoms with Crippen molar-refractivity contribution in [2.45, 2.75) is 19.3 Å². The molecule has 21 heavy (non-hydrogen) atoms. The van der Waals surface area contributed by atoms with Crippen molar-refractivity contribution >= 4 is 17.5 Å². The van der Waals surface area contributed by atoms with E-state index < -0.39 is 0 Å². The lowest BCUT2D eigenvalue weighted by Gasteiger charge is -2.07. The van der Waals surface area contributed by atoms with Gasteiger partial charge in [-0.2, -0.15) is 0 Å². The fraction of sp³-hybridized carbons (Fsp3) is 0.353. The number of ether oxygens (including phenoxy) is 1. The molecular formula is C17H20ClNO2. The van der Waals surface area contributed by atoms with E-state index in [1.807, 2.05) is 30.3 Å². The molecule has 0 aliphatic rings. The van der Waals surface area contributed by atoms with Crippen LogP contribution >= 0.6 is 11.6 Å². The molecule has 1 aromatic carbocycles. The SMILES string of the molecule is C=CCc1ccccc1OCC#CCNC(=O)CCCCl. The number of carbonyl (C=O) groups is 1. The van der Waals surface area contributed by atoms with Gasteiger partial charge in [-0.15, -0.1) is 18.2 Å². The molecule has 0 aromatic heterocycles. The molecule has 0 saturated carbocycles. The zero-order valence-corrected chi connectivity index (χ0v) is 12.8. The number of halogens is 1. The van der Waals surface area contributed by atoms with Crippen molar-refractivity contribution < 1.29 is 9.53 Å². The van der Waals surface area contributed by atoms with Gasteiger partial charge in [-0.05, 0) is 24.5 Å². The highest BCUT2D eigenvalue weighted by molar-refractivity contribution is 6.17. The minimum absolute atomic E-state index is 0.0257. The van der Waals surface area contributed by atoms with Crippen molar-refractivity contribution in [3.8, 4) is 17.6 Å². The summed E-state index contributed by atoms with van der Waals surface area (Å²) in [7, 11) is 0. The Morgan fingerprint density at radius 1 is 1.38 bits per heavy atom. The molecule has 0 unspecified atom stereocenters. The van der Waals surface area contributed by atoms with E-state index in [2.05, 4.69) is 23.7 Å². The molecule has 4 heteroatoms. The van der Waals surface area contributed by atoms with Crippen molar-refractivity contribution in [3.05, 3.63) is 42.5 Å². The number of hydrogen-bond donors (Lipinski definition) is 1. The summed E-state index contributed by atoms with van der Waals surface area (Å²) in [5.74, 6) is 7.02. The first-order chi connectivity index (χ1) is 10.3. The van der Waals surface area contributed by atoms with E-state index in [4.69, 9.17) is 16.3 Å². The van der Waals surface area contributed by atoms with Gasteiger partial charge in [0.15, 0.2) is 0 Å². The maximum Gasteiger partial charge on any atom is 0.220 e. The molecule has 112 valence electrons. The van der Waals surface area contributed by atoms with Gasteiger partial charge in [0, 0.05) is 12.3 Å². The third-order valence-corrected chi connectivity index (χ3v) is 2.94. The Bertz CT molecular complexity index is 517. The highest BCUT2D eigenvalue weighted by atomic mass is 35.5. The standard InChI is InChI=1S/C17H20ClNO2/c1-2-8-15-9-3-4-10-16(15)21-14-6-5-13-19-17(20)11-7-12-18/h2-4,9-10H,1,7-8,11-14H2,(H,19,20). The van der Waals surface area contributed by atoms with E-state index in [1.165, 1.54) is 0 Å². The van der Waals surface area contributed by atoms with Crippen LogP contribution in [0.2, 0.25) is 0 Å². The zero-order valence-electron chi connectivity index (χ0n) is 12.0. The first-order valence-electron chi connectivity index (χ1n) is 6.88. The number of benzene rings is 1. The molecule has 0 fully saturated rings. The largest absolute Gasteiger partial charge is 0.481 e. The average Bonchev–Trinajstić information content (AvgIpc) is 2.50. The Labute approximate surface area is 131 Å². The maximum absolute atomic E-state index is 11.3. The van der Waals surface area contributed by atoms with Gasteiger partial charge in [0.25, 0.3) is 0 Å². The number of amides is 1. The number of alkyl halides is 1. The smallest absolute Gasteiger partial charge is 0.220 e. The monoisotopic (exact) mass is 305 g/mol. The second-order valence-electron chi connectivity index (χ2n) is 4.31. The molecule has 0 aliphatic heterocycles. The van der Waals surface area contributed by atoms with Crippen LogP contribution in [0.5, 0.6) is 5.75 Å². The van der Waals surface area contributed by atoms with Gasteiger partial charge in [-0.25, -0.2) is 0 Å². The van der Waals surface area contributed by atoms with Crippen LogP contribution in [-0.2, 0) is 11.2 Å². The van der Waals surface area contributed by atoms with E-state index >= 15 is 0 Å². The topological polar surface area (TPSA) is 38.3 Å². The summed E-state index contributed by atoms with van der Waals surface area (Å²) in [5.41, 5.74) is 1.09. The van der Waals surface area contributed by atoms with Crippen LogP contribution in [0.3, 0.4) is 0 Å². The lowest BCUT2D eigenvalue weighted by Crippen LogP contribution is -2.23. The Morgan fingerprint density at radius 2 is 2.19 bits per heavy atom. The summed E-state index contributed by atoms with van der Waals surface area (Å²) in [6, 6.07) is 7.80. The third kappa shape index (κ3) is 7.43. The summed E-state index contributed by atoms with van der Waals surface area (Å²) in [6.07, 6.45) is 3.73. The number of nitrogens with one attached hydrogen (secondary N) is 1. The molecule has 1 rings (SSSR count). The first-order valence-corrected chi connectivity index (χ1v) is 7.41. The Balaban J connectivity index is 2.29. The summed E-state index contributed by atoms with van der Waals surface area (Å²) >= 11 is 5.51. The van der Waals surface area contributed by atoms with Crippen LogP contribution in [0.4, 0.5) is 0 Å². The molecule has 0 aliphatic carbocycles. The van der Waals surface area contributed by atoms with Crippen LogP contribution < -0.4 is 10.1 Å². The van der Waals surface area contributed by atoms with E-state index in [0.29, 0.717) is 31.9 Å². The highest BCUT2D eigenvalue weighted by Gasteiger charge is 1.99. The Kier molecular flexibility index (Phi) is 8.83. The van der Waals surface area contributed by atoms with Gasteiger partial charge in [0.2, 0.25) is 5.91 Å². The number of allylic oxidation sites excluding steroid dienone is 1. The first kappa shape index (κ1) is 17.1. The number of hydrogen-bond acceptors (Lipinski definition) is 2. The Hall–Kier alpha value is -1.92. The number of para-hydroxylation sites is 1. The average molecular weight is 306 g/mol. The van der Waals surface area contributed by atoms with Crippen LogP contribution in [0.25, 0.3) is 0 Å². The molecule has 1 aromatic rings. The lowest BCUT2D eigenvalue weighted by molar-refractivity contribution is -0.120. The van der Waals surface area contributed by atoms with Crippen molar-refractivity contribution in [1.82, 2.24) is 5.32 Å². The summed E-state index contributed by atoms with van der Waals surface area (Å²) in [4.78, 5) is 11.3. The highest BCUT2D eigenvalue weighted by Crippen LogP contribution is 2.18. The van der Waals surface area contributed by atoms with Gasteiger partial charge in [-0.3, -0.25) is 4.79 Å². The summed E-state index contributed by atoms with van der Waals surface area (Å²) in [6.45, 7) is 4.35. The summed E-state index contributed by atoms with van der Waals surface area (Å²) in [5, 5.41) is 2.71. The van der Waals surface area contributed by atoms with Gasteiger partial charge < -0.3 is 10.1 Å². The van der Waals surface area contributed by atoms with Crippen molar-refractivity contribution in [2.24, 2.45) is 0 Å². The van der Waals surface area contributed by atoms with Crippen molar-refractivity contribution in [1.29, 1.82) is 0 Å². The molecule has 0 heterocycles. The minimum atomic E-state index is -0.0257. The minimum Gasteiger partial charge on any atom is -0.481 e. The van der Waals surface area contributed by atoms with Gasteiger partial charge in [-0.1, -0.05) is 36.1 Å². The molecule has 0 saturated heterocycles. The predicted octanol–water partition coefficient (Wildman–Crippen LogP) is 2.93. The molecule has 0 bridgehead atoms. The van der Waals surface area contributed by atoms with Crippen LogP contribution in [-0.4, -0.2) is 24.9 Å². The fourth-order valence-corrected chi connectivity index (χ4v) is 1.79. The molecule has 1 amide bonds. The molecule has 3 nitrogen and oxygen atoms in total. The number of rotatable bonds is 8. The predicted molar refractivity (Wildman–Crippen MR) is 86.6 cm³/mol. The normalized spacial score (nSPS) is 9.38. The Morgan fingerprint density at radius 3 is 2.95 bits per heavy atom. The molecule has 1 N–H and O–H groups in total. The van der Waals surface area contributed by atoms with E-state index in [9.17, 15) is 4.79 Å². The van der Waals surface area contributed by atoms with Gasteiger partial charge >= 0.3 is 0 Å². The summed E-state index contributed by atoms with van der Waals surface area (Å²) < 4.78 is 5.61. The molecule has 0 atom stereocenters. The quantitative estimate of drug-likeness (QED) is 0.455. The van der Waals surface area contributed by atoms with Gasteiger partial charge in [0.1, 0.15) is 12.4 Å². The zero-order chi connectivity index (χ0) is 15.3. The van der Waals surface area contributed by atoms with E-state index in [1.54, 1.807) is 0 Å². The van der Waals surface area contributed by atoms with E-state index in [-0.39, 0.29) is 5.91 Å². The molecule has 0 spiro atoms. The van der Waals surface area contributed by atoms with E-state index in [0.717, 1.165) is 17.7 Å². The second-order valence-corrected chi connectivity index (χ2v) is 4.69. The maximum atomic E-state index is 11.3. The third-order valence-electron chi connectivity index (χ3n) is 2.67. The number of carbonyl (C=O) groups excluding carboxylic acids is 1. The van der Waals surface area contributed by atoms with Gasteiger partial charge in [0.05, 0.1) is 6.54 Å².